The molecule has 3 rings (SSSR count). The van der Waals surface area contributed by atoms with Crippen molar-refractivity contribution in [3.05, 3.63) is 65.2 Å². The molecule has 0 aromatic heterocycles. The molecule has 1 amide bonds. The van der Waals surface area contributed by atoms with Crippen molar-refractivity contribution in [2.45, 2.75) is 45.6 Å². The van der Waals surface area contributed by atoms with E-state index in [1.807, 2.05) is 0 Å². The predicted octanol–water partition coefficient (Wildman–Crippen LogP) is 5.15. The highest BCUT2D eigenvalue weighted by Gasteiger charge is 2.24. The molecule has 1 saturated heterocycles. The molecule has 0 unspecified atom stereocenters. The van der Waals surface area contributed by atoms with Crippen LogP contribution in [-0.4, -0.2) is 50.8 Å². The number of carbonyl (C=O) groups excluding carboxylic acids is 1. The minimum atomic E-state index is -0.306. The number of ether oxygens (including phenoxy) is 2. The Balaban J connectivity index is 1.44. The summed E-state index contributed by atoms with van der Waals surface area (Å²) in [6, 6.07) is 10.9. The third-order valence-electron chi connectivity index (χ3n) is 6.67. The van der Waals surface area contributed by atoms with Crippen LogP contribution < -0.4 is 10.1 Å². The lowest BCUT2D eigenvalue weighted by Gasteiger charge is -2.32. The number of amides is 1. The van der Waals surface area contributed by atoms with Crippen LogP contribution in [0.1, 0.15) is 50.3 Å². The summed E-state index contributed by atoms with van der Waals surface area (Å²) in [4.78, 5) is 15.2. The molecule has 1 atom stereocenters. The Kier molecular flexibility index (Phi) is 10.5. The first-order valence-corrected chi connectivity index (χ1v) is 12.5. The number of rotatable bonds is 12. The van der Waals surface area contributed by atoms with Crippen LogP contribution in [0.25, 0.3) is 0 Å². The molecule has 2 aromatic carbocycles. The van der Waals surface area contributed by atoms with E-state index in [0.717, 1.165) is 50.0 Å². The predicted molar refractivity (Wildman–Crippen MR) is 133 cm³/mol. The highest BCUT2D eigenvalue weighted by atomic mass is 19.1. The van der Waals surface area contributed by atoms with E-state index in [-0.39, 0.29) is 29.5 Å². The number of carbonyl (C=O) groups is 1. The average Bonchev–Trinajstić information content (AvgIpc) is 2.83. The Morgan fingerprint density at radius 2 is 1.74 bits per heavy atom. The molecule has 0 saturated carbocycles. The third-order valence-corrected chi connectivity index (χ3v) is 6.67. The number of likely N-dealkylation sites (tertiary alicyclic amines) is 1. The van der Waals surface area contributed by atoms with Gasteiger partial charge in [0.15, 0.2) is 0 Å². The Morgan fingerprint density at radius 3 is 2.40 bits per heavy atom. The van der Waals surface area contributed by atoms with Crippen molar-refractivity contribution in [3.63, 3.8) is 0 Å². The maximum absolute atomic E-state index is 13.7. The van der Waals surface area contributed by atoms with E-state index < -0.39 is 0 Å². The summed E-state index contributed by atoms with van der Waals surface area (Å²) in [5, 5.41) is 3.16. The van der Waals surface area contributed by atoms with E-state index in [1.54, 1.807) is 25.3 Å². The molecule has 1 N–H and O–H groups in total. The fourth-order valence-electron chi connectivity index (χ4n) is 4.60. The van der Waals surface area contributed by atoms with Gasteiger partial charge in [-0.1, -0.05) is 32.0 Å². The molecule has 5 nitrogen and oxygen atoms in total. The number of hydrogen-bond acceptors (Lipinski definition) is 4. The fraction of sp³-hybridized carbons (Fsp3) is 0.536. The number of piperidine rings is 1. The van der Waals surface area contributed by atoms with Crippen molar-refractivity contribution in [1.82, 2.24) is 10.2 Å². The SMILES string of the molecule is COCCOc1cc(F)ccc1CCN1CCC(CC(=O)N[C@@H](c2ccc(F)cc2)C(C)C)CC1. The van der Waals surface area contributed by atoms with Gasteiger partial charge in [-0.2, -0.15) is 0 Å². The standard InChI is InChI=1S/C28H38F2N2O3/c1-20(2)28(23-5-7-24(29)8-6-23)31-27(33)18-21-10-13-32(14-11-21)15-12-22-4-9-25(30)19-26(22)35-17-16-34-3/h4-9,19-21,28H,10-18H2,1-3H3,(H,31,33)/t28-/m1/s1. The summed E-state index contributed by atoms with van der Waals surface area (Å²) in [7, 11) is 1.61. The summed E-state index contributed by atoms with van der Waals surface area (Å²) in [6.45, 7) is 7.70. The first kappa shape index (κ1) is 27.1. The van der Waals surface area contributed by atoms with E-state index in [1.165, 1.54) is 24.3 Å². The average molecular weight is 489 g/mol. The van der Waals surface area contributed by atoms with Gasteiger partial charge in [-0.05, 0) is 73.5 Å². The van der Waals surface area contributed by atoms with Gasteiger partial charge in [0.2, 0.25) is 5.91 Å². The molecule has 35 heavy (non-hydrogen) atoms. The van der Waals surface area contributed by atoms with E-state index >= 15 is 0 Å². The highest BCUT2D eigenvalue weighted by molar-refractivity contribution is 5.76. The smallest absolute Gasteiger partial charge is 0.220 e. The summed E-state index contributed by atoms with van der Waals surface area (Å²) >= 11 is 0. The van der Waals surface area contributed by atoms with Gasteiger partial charge in [0.05, 0.1) is 12.6 Å². The second-order valence-electron chi connectivity index (χ2n) is 9.67. The molecule has 0 bridgehead atoms. The van der Waals surface area contributed by atoms with E-state index in [9.17, 15) is 13.6 Å². The van der Waals surface area contributed by atoms with Crippen molar-refractivity contribution >= 4 is 5.91 Å². The van der Waals surface area contributed by atoms with Crippen LogP contribution in [0, 0.1) is 23.5 Å². The van der Waals surface area contributed by atoms with Crippen LogP contribution in [0.4, 0.5) is 8.78 Å². The Bertz CT molecular complexity index is 928. The molecular formula is C28H38F2N2O3. The Hall–Kier alpha value is -2.51. The largest absolute Gasteiger partial charge is 0.491 e. The maximum atomic E-state index is 13.7. The van der Waals surface area contributed by atoms with Crippen LogP contribution in [0.15, 0.2) is 42.5 Å². The van der Waals surface area contributed by atoms with Crippen molar-refractivity contribution in [2.75, 3.05) is 40.0 Å². The summed E-state index contributed by atoms with van der Waals surface area (Å²) in [6.07, 6.45) is 3.23. The summed E-state index contributed by atoms with van der Waals surface area (Å²) < 4.78 is 37.7. The lowest BCUT2D eigenvalue weighted by molar-refractivity contribution is -0.123. The molecule has 0 aliphatic carbocycles. The molecular weight excluding hydrogens is 450 g/mol. The second kappa shape index (κ2) is 13.5. The first-order chi connectivity index (χ1) is 16.9. The first-order valence-electron chi connectivity index (χ1n) is 12.5. The molecule has 2 aromatic rings. The van der Waals surface area contributed by atoms with E-state index in [4.69, 9.17) is 9.47 Å². The Labute approximate surface area is 207 Å². The van der Waals surface area contributed by atoms with E-state index in [2.05, 4.69) is 24.1 Å². The van der Waals surface area contributed by atoms with Gasteiger partial charge in [-0.25, -0.2) is 8.78 Å². The quantitative estimate of drug-likeness (QED) is 0.420. The third kappa shape index (κ3) is 8.58. The fourth-order valence-corrected chi connectivity index (χ4v) is 4.60. The number of halogens is 2. The van der Waals surface area contributed by atoms with Gasteiger partial charge < -0.3 is 19.7 Å². The van der Waals surface area contributed by atoms with Gasteiger partial charge in [0.25, 0.3) is 0 Å². The van der Waals surface area contributed by atoms with Gasteiger partial charge in [0.1, 0.15) is 24.0 Å². The lowest BCUT2D eigenvalue weighted by Crippen LogP contribution is -2.38. The molecule has 1 fully saturated rings. The topological polar surface area (TPSA) is 50.8 Å². The van der Waals surface area contributed by atoms with Gasteiger partial charge in [-0.15, -0.1) is 0 Å². The molecule has 1 aliphatic heterocycles. The van der Waals surface area contributed by atoms with Gasteiger partial charge >= 0.3 is 0 Å². The number of nitrogens with one attached hydrogen (secondary N) is 1. The molecule has 0 radical (unpaired) electrons. The monoisotopic (exact) mass is 488 g/mol. The minimum absolute atomic E-state index is 0.0515. The van der Waals surface area contributed by atoms with Crippen LogP contribution in [0.5, 0.6) is 5.75 Å². The van der Waals surface area contributed by atoms with Crippen LogP contribution >= 0.6 is 0 Å². The van der Waals surface area contributed by atoms with Crippen molar-refractivity contribution in [1.29, 1.82) is 0 Å². The summed E-state index contributed by atoms with van der Waals surface area (Å²) in [5.41, 5.74) is 1.92. The molecule has 7 heteroatoms. The Morgan fingerprint density at radius 1 is 1.06 bits per heavy atom. The number of methoxy groups -OCH3 is 1. The molecule has 1 heterocycles. The second-order valence-corrected chi connectivity index (χ2v) is 9.67. The van der Waals surface area contributed by atoms with Crippen molar-refractivity contribution in [3.8, 4) is 5.75 Å². The zero-order chi connectivity index (χ0) is 25.2. The van der Waals surface area contributed by atoms with Crippen molar-refractivity contribution < 1.29 is 23.0 Å². The zero-order valence-electron chi connectivity index (χ0n) is 21.1. The normalized spacial score (nSPS) is 15.8. The summed E-state index contributed by atoms with van der Waals surface area (Å²) in [5.74, 6) is 0.611. The van der Waals surface area contributed by atoms with Crippen LogP contribution in [0.3, 0.4) is 0 Å². The molecule has 192 valence electrons. The van der Waals surface area contributed by atoms with Gasteiger partial charge in [0, 0.05) is 26.1 Å². The van der Waals surface area contributed by atoms with E-state index in [0.29, 0.717) is 31.3 Å². The van der Waals surface area contributed by atoms with Crippen LogP contribution in [0.2, 0.25) is 0 Å². The maximum Gasteiger partial charge on any atom is 0.220 e. The van der Waals surface area contributed by atoms with Crippen LogP contribution in [-0.2, 0) is 16.0 Å². The van der Waals surface area contributed by atoms with Gasteiger partial charge in [-0.3, -0.25) is 4.79 Å². The number of benzene rings is 2. The molecule has 0 spiro atoms. The highest BCUT2D eigenvalue weighted by Crippen LogP contribution is 2.26. The lowest BCUT2D eigenvalue weighted by atomic mass is 9.91. The minimum Gasteiger partial charge on any atom is -0.491 e. The van der Waals surface area contributed by atoms with Crippen molar-refractivity contribution in [2.24, 2.45) is 11.8 Å². The zero-order valence-corrected chi connectivity index (χ0v) is 21.1. The number of hydrogen-bond donors (Lipinski definition) is 1. The number of nitrogens with zero attached hydrogens (tertiary/aromatic N) is 1. The molecule has 1 aliphatic rings.